The number of hydrogen-bond donors (Lipinski definition) is 3. The van der Waals surface area contributed by atoms with Crippen LogP contribution in [-0.2, 0) is 4.79 Å². The summed E-state index contributed by atoms with van der Waals surface area (Å²) >= 11 is 0. The van der Waals surface area contributed by atoms with Gasteiger partial charge in [0.25, 0.3) is 5.69 Å². The number of nitro benzene ring substituents is 1. The number of aliphatic carboxylic acids is 1. The molecule has 1 atom stereocenters. The number of nitrogens with two attached hydrogens (primary N) is 1. The Morgan fingerprint density at radius 3 is 2.50 bits per heavy atom. The van der Waals surface area contributed by atoms with Gasteiger partial charge in [0.05, 0.1) is 10.5 Å². The van der Waals surface area contributed by atoms with Gasteiger partial charge >= 0.3 is 12.0 Å². The lowest BCUT2D eigenvalue weighted by Gasteiger charge is -2.31. The van der Waals surface area contributed by atoms with Crippen LogP contribution in [0.5, 0.6) is 0 Å². The minimum Gasteiger partial charge on any atom is -0.478 e. The fourth-order valence-electron chi connectivity index (χ4n) is 1.86. The summed E-state index contributed by atoms with van der Waals surface area (Å²) in [6.07, 6.45) is 1.06. The van der Waals surface area contributed by atoms with E-state index in [4.69, 9.17) is 10.9 Å². The molecule has 4 N–H and O–H groups in total. The first-order valence-corrected chi connectivity index (χ1v) is 5.44. The molecule has 104 valence electrons. The summed E-state index contributed by atoms with van der Waals surface area (Å²) in [4.78, 5) is 32.6. The van der Waals surface area contributed by atoms with Crippen molar-refractivity contribution < 1.29 is 19.6 Å². The van der Waals surface area contributed by atoms with Gasteiger partial charge in [-0.3, -0.25) is 10.1 Å². The quantitative estimate of drug-likeness (QED) is 0.318. The largest absolute Gasteiger partial charge is 0.478 e. The first kappa shape index (κ1) is 13.5. The van der Waals surface area contributed by atoms with E-state index in [1.807, 2.05) is 0 Å². The first-order valence-electron chi connectivity index (χ1n) is 5.44. The van der Waals surface area contributed by atoms with Crippen LogP contribution in [0.1, 0.15) is 11.6 Å². The van der Waals surface area contributed by atoms with Crippen molar-refractivity contribution in [2.75, 3.05) is 0 Å². The van der Waals surface area contributed by atoms with E-state index in [-0.39, 0.29) is 11.3 Å². The van der Waals surface area contributed by atoms with Crippen LogP contribution in [0, 0.1) is 10.1 Å². The number of hydrogen-bond acceptors (Lipinski definition) is 5. The van der Waals surface area contributed by atoms with E-state index >= 15 is 0 Å². The van der Waals surface area contributed by atoms with Crippen molar-refractivity contribution in [1.82, 2.24) is 10.3 Å². The third kappa shape index (κ3) is 2.29. The molecule has 9 heteroatoms. The van der Waals surface area contributed by atoms with E-state index in [1.165, 1.54) is 24.3 Å². The Hall–Kier alpha value is -2.94. The first-order chi connectivity index (χ1) is 9.41. The molecule has 0 fully saturated rings. The third-order valence-corrected chi connectivity index (χ3v) is 2.83. The van der Waals surface area contributed by atoms with E-state index in [2.05, 4.69) is 5.32 Å². The maximum absolute atomic E-state index is 11.5. The van der Waals surface area contributed by atoms with Crippen molar-refractivity contribution in [3.05, 3.63) is 51.7 Å². The number of nitrogens with zero attached hydrogens (tertiary/aromatic N) is 2. The van der Waals surface area contributed by atoms with Crippen LogP contribution in [0.25, 0.3) is 0 Å². The zero-order chi connectivity index (χ0) is 14.9. The number of benzene rings is 1. The zero-order valence-corrected chi connectivity index (χ0v) is 10.0. The molecule has 1 aromatic rings. The molecule has 9 nitrogen and oxygen atoms in total. The number of non-ortho nitro benzene ring substituents is 1. The Bertz CT molecular complexity index is 610. The van der Waals surface area contributed by atoms with Crippen molar-refractivity contribution >= 4 is 17.7 Å². The second kappa shape index (κ2) is 4.97. The maximum Gasteiger partial charge on any atom is 0.336 e. The lowest BCUT2D eigenvalue weighted by molar-refractivity contribution is -0.384. The SMILES string of the molecule is NN1C(=O)NC=C(C(=O)O)C1c1ccc([N+](=O)[O-])cc1. The highest BCUT2D eigenvalue weighted by Gasteiger charge is 2.33. The highest BCUT2D eigenvalue weighted by atomic mass is 16.6. The molecular formula is C11H10N4O5. The second-order valence-corrected chi connectivity index (χ2v) is 4.01. The number of carboxylic acids is 1. The number of carboxylic acid groups (broad SMARTS) is 1. The summed E-state index contributed by atoms with van der Waals surface area (Å²) in [7, 11) is 0. The topological polar surface area (TPSA) is 139 Å². The molecule has 0 saturated carbocycles. The molecule has 0 radical (unpaired) electrons. The highest BCUT2D eigenvalue weighted by molar-refractivity contribution is 5.92. The number of rotatable bonds is 3. The van der Waals surface area contributed by atoms with Crippen LogP contribution in [0.2, 0.25) is 0 Å². The zero-order valence-electron chi connectivity index (χ0n) is 10.0. The van der Waals surface area contributed by atoms with Crippen LogP contribution in [0.4, 0.5) is 10.5 Å². The van der Waals surface area contributed by atoms with Crippen molar-refractivity contribution in [1.29, 1.82) is 0 Å². The molecule has 1 aliphatic rings. The predicted molar refractivity (Wildman–Crippen MR) is 66.1 cm³/mol. The number of hydrazine groups is 1. The Balaban J connectivity index is 2.43. The van der Waals surface area contributed by atoms with Crippen molar-refractivity contribution in [3.63, 3.8) is 0 Å². The van der Waals surface area contributed by atoms with Gasteiger partial charge in [-0.25, -0.2) is 20.4 Å². The van der Waals surface area contributed by atoms with Gasteiger partial charge < -0.3 is 10.4 Å². The van der Waals surface area contributed by atoms with Gasteiger partial charge in [-0.05, 0) is 17.7 Å². The monoisotopic (exact) mass is 278 g/mol. The average Bonchev–Trinajstić information content (AvgIpc) is 2.41. The van der Waals surface area contributed by atoms with Crippen LogP contribution in [0.3, 0.4) is 0 Å². The molecule has 0 saturated heterocycles. The summed E-state index contributed by atoms with van der Waals surface area (Å²) < 4.78 is 0. The molecule has 0 bridgehead atoms. The number of nitrogens with one attached hydrogen (secondary N) is 1. The average molecular weight is 278 g/mol. The summed E-state index contributed by atoms with van der Waals surface area (Å²) in [5.41, 5.74) is 0.0843. The molecule has 2 rings (SSSR count). The van der Waals surface area contributed by atoms with Crippen molar-refractivity contribution in [2.45, 2.75) is 6.04 Å². The van der Waals surface area contributed by atoms with Gasteiger partial charge in [0.2, 0.25) is 0 Å². The predicted octanol–water partition coefficient (Wildman–Crippen LogP) is 0.503. The smallest absolute Gasteiger partial charge is 0.336 e. The second-order valence-electron chi connectivity index (χ2n) is 4.01. The van der Waals surface area contributed by atoms with E-state index in [1.54, 1.807) is 0 Å². The highest BCUT2D eigenvalue weighted by Crippen LogP contribution is 2.29. The van der Waals surface area contributed by atoms with Gasteiger partial charge in [-0.2, -0.15) is 0 Å². The standard InChI is InChI=1S/C11H10N4O5/c12-14-9(8(10(16)17)5-13-11(14)18)6-1-3-7(4-2-6)15(19)20/h1-5,9H,12H2,(H,13,18)(H,16,17). The molecule has 0 spiro atoms. The number of urea groups is 1. The number of carbonyl (C=O) groups is 2. The molecular weight excluding hydrogens is 268 g/mol. The number of nitro groups is 1. The molecule has 1 unspecified atom stereocenters. The number of carbonyl (C=O) groups excluding carboxylic acids is 1. The van der Waals surface area contributed by atoms with Crippen LogP contribution in [-0.4, -0.2) is 27.0 Å². The van der Waals surface area contributed by atoms with E-state index < -0.39 is 23.0 Å². The minimum absolute atomic E-state index is 0.138. The molecule has 2 amide bonds. The van der Waals surface area contributed by atoms with Crippen molar-refractivity contribution in [3.8, 4) is 0 Å². The molecule has 1 aliphatic heterocycles. The fourth-order valence-corrected chi connectivity index (χ4v) is 1.86. The minimum atomic E-state index is -1.25. The van der Waals surface area contributed by atoms with Crippen LogP contribution < -0.4 is 11.2 Å². The molecule has 1 heterocycles. The fraction of sp³-hybridized carbons (Fsp3) is 0.0909. The Labute approximate surface area is 112 Å². The third-order valence-electron chi connectivity index (χ3n) is 2.83. The summed E-state index contributed by atoms with van der Waals surface area (Å²) in [5, 5.41) is 22.6. The lowest BCUT2D eigenvalue weighted by atomic mass is 9.97. The Morgan fingerprint density at radius 2 is 2.00 bits per heavy atom. The van der Waals surface area contributed by atoms with Gasteiger partial charge in [0.1, 0.15) is 6.04 Å². The van der Waals surface area contributed by atoms with Gasteiger partial charge in [0, 0.05) is 18.3 Å². The van der Waals surface area contributed by atoms with E-state index in [0.717, 1.165) is 11.2 Å². The molecule has 0 aliphatic carbocycles. The van der Waals surface area contributed by atoms with E-state index in [0.29, 0.717) is 5.56 Å². The lowest BCUT2D eigenvalue weighted by Crippen LogP contribution is -2.50. The maximum atomic E-state index is 11.5. The van der Waals surface area contributed by atoms with Gasteiger partial charge in [0.15, 0.2) is 0 Å². The summed E-state index contributed by atoms with van der Waals surface area (Å²) in [5.74, 6) is 4.32. The molecule has 1 aromatic carbocycles. The number of amides is 2. The summed E-state index contributed by atoms with van der Waals surface area (Å²) in [6, 6.07) is 3.47. The molecule has 0 aromatic heterocycles. The van der Waals surface area contributed by atoms with Crippen molar-refractivity contribution in [2.24, 2.45) is 5.84 Å². The van der Waals surface area contributed by atoms with Gasteiger partial charge in [-0.15, -0.1) is 0 Å². The molecule has 20 heavy (non-hydrogen) atoms. The normalized spacial score (nSPS) is 18.2. The Kier molecular flexibility index (Phi) is 3.36. The summed E-state index contributed by atoms with van der Waals surface area (Å²) in [6.45, 7) is 0. The van der Waals surface area contributed by atoms with Crippen LogP contribution >= 0.6 is 0 Å². The Morgan fingerprint density at radius 1 is 1.40 bits per heavy atom. The van der Waals surface area contributed by atoms with Gasteiger partial charge in [-0.1, -0.05) is 0 Å². The van der Waals surface area contributed by atoms with E-state index in [9.17, 15) is 19.7 Å². The van der Waals surface area contributed by atoms with Crippen LogP contribution in [0.15, 0.2) is 36.0 Å².